The van der Waals surface area contributed by atoms with Crippen LogP contribution >= 0.6 is 11.6 Å². The van der Waals surface area contributed by atoms with Crippen LogP contribution in [0.2, 0.25) is 5.02 Å². The van der Waals surface area contributed by atoms with Crippen LogP contribution in [0.4, 0.5) is 4.39 Å². The van der Waals surface area contributed by atoms with Crippen LogP contribution in [-0.4, -0.2) is 5.78 Å². The largest absolute Gasteiger partial charge is 0.299 e. The van der Waals surface area contributed by atoms with Gasteiger partial charge in [0.15, 0.2) is 0 Å². The maximum absolute atomic E-state index is 13.7. The van der Waals surface area contributed by atoms with Crippen LogP contribution in [0.5, 0.6) is 0 Å². The molecule has 0 aliphatic rings. The van der Waals surface area contributed by atoms with Gasteiger partial charge in [0.05, 0.1) is 5.02 Å². The monoisotopic (exact) mass is 276 g/mol. The third-order valence-corrected chi connectivity index (χ3v) is 3.36. The van der Waals surface area contributed by atoms with Gasteiger partial charge < -0.3 is 0 Å². The zero-order valence-corrected chi connectivity index (χ0v) is 11.4. The molecule has 98 valence electrons. The van der Waals surface area contributed by atoms with Crippen molar-refractivity contribution >= 4 is 17.4 Å². The van der Waals surface area contributed by atoms with Gasteiger partial charge in [-0.15, -0.1) is 0 Å². The van der Waals surface area contributed by atoms with Gasteiger partial charge in [0.25, 0.3) is 0 Å². The Kier molecular flexibility index (Phi) is 4.33. The van der Waals surface area contributed by atoms with E-state index >= 15 is 0 Å². The molecule has 0 saturated carbocycles. The van der Waals surface area contributed by atoms with Crippen LogP contribution in [0.3, 0.4) is 0 Å². The quantitative estimate of drug-likeness (QED) is 0.820. The van der Waals surface area contributed by atoms with E-state index in [2.05, 4.69) is 0 Å². The van der Waals surface area contributed by atoms with E-state index in [1.807, 2.05) is 31.2 Å². The highest BCUT2D eigenvalue weighted by Crippen LogP contribution is 2.19. The first-order chi connectivity index (χ1) is 9.08. The number of carbonyl (C=O) groups is 1. The predicted octanol–water partition coefficient (Wildman–Crippen LogP) is 4.14. The summed E-state index contributed by atoms with van der Waals surface area (Å²) in [5.74, 6) is -0.516. The first kappa shape index (κ1) is 13.8. The molecule has 0 spiro atoms. The number of aryl methyl sites for hydroxylation is 1. The molecule has 0 heterocycles. The number of hydrogen-bond donors (Lipinski definition) is 0. The van der Waals surface area contributed by atoms with Crippen molar-refractivity contribution in [3.8, 4) is 0 Å². The predicted molar refractivity (Wildman–Crippen MR) is 75.0 cm³/mol. The van der Waals surface area contributed by atoms with Crippen molar-refractivity contribution in [3.63, 3.8) is 0 Å². The van der Waals surface area contributed by atoms with Crippen LogP contribution in [0.15, 0.2) is 42.5 Å². The molecule has 0 N–H and O–H groups in total. The lowest BCUT2D eigenvalue weighted by molar-refractivity contribution is -0.117. The lowest BCUT2D eigenvalue weighted by atomic mass is 9.99. The van der Waals surface area contributed by atoms with E-state index in [-0.39, 0.29) is 17.2 Å². The fourth-order valence-electron chi connectivity index (χ4n) is 1.98. The zero-order chi connectivity index (χ0) is 13.8. The highest BCUT2D eigenvalue weighted by Gasteiger charge is 2.12. The molecule has 0 atom stereocenters. The average molecular weight is 277 g/mol. The second kappa shape index (κ2) is 5.98. The molecular weight excluding hydrogens is 263 g/mol. The first-order valence-electron chi connectivity index (χ1n) is 6.07. The van der Waals surface area contributed by atoms with E-state index in [9.17, 15) is 9.18 Å². The SMILES string of the molecule is Cc1ccccc1CC(=O)Cc1cccc(Cl)c1F. The number of carbonyl (C=O) groups excluding carboxylic acids is 1. The molecule has 0 aliphatic heterocycles. The highest BCUT2D eigenvalue weighted by molar-refractivity contribution is 6.30. The number of halogens is 2. The molecule has 2 aromatic rings. The Morgan fingerprint density at radius 3 is 2.42 bits per heavy atom. The van der Waals surface area contributed by atoms with Crippen LogP contribution in [0, 0.1) is 12.7 Å². The van der Waals surface area contributed by atoms with Gasteiger partial charge >= 0.3 is 0 Å². The van der Waals surface area contributed by atoms with Crippen LogP contribution in [-0.2, 0) is 17.6 Å². The Balaban J connectivity index is 2.10. The Bertz CT molecular complexity index is 607. The second-order valence-corrected chi connectivity index (χ2v) is 4.94. The molecule has 3 heteroatoms. The summed E-state index contributed by atoms with van der Waals surface area (Å²) in [6, 6.07) is 12.4. The maximum Gasteiger partial charge on any atom is 0.145 e. The molecule has 0 amide bonds. The third-order valence-electron chi connectivity index (χ3n) is 3.07. The minimum atomic E-state index is -0.498. The van der Waals surface area contributed by atoms with Crippen molar-refractivity contribution in [2.75, 3.05) is 0 Å². The van der Waals surface area contributed by atoms with Gasteiger partial charge in [0.1, 0.15) is 11.6 Å². The van der Waals surface area contributed by atoms with E-state index in [1.165, 1.54) is 6.07 Å². The summed E-state index contributed by atoms with van der Waals surface area (Å²) in [4.78, 5) is 12.0. The molecule has 1 nitrogen and oxygen atoms in total. The summed E-state index contributed by atoms with van der Waals surface area (Å²) < 4.78 is 13.7. The van der Waals surface area contributed by atoms with Gasteiger partial charge in [-0.3, -0.25) is 4.79 Å². The molecule has 2 rings (SSSR count). The summed E-state index contributed by atoms with van der Waals surface area (Å²) in [6.07, 6.45) is 0.388. The summed E-state index contributed by atoms with van der Waals surface area (Å²) in [6.45, 7) is 1.96. The maximum atomic E-state index is 13.7. The van der Waals surface area contributed by atoms with E-state index in [0.29, 0.717) is 12.0 Å². The Labute approximate surface area is 117 Å². The van der Waals surface area contributed by atoms with Crippen molar-refractivity contribution in [3.05, 3.63) is 70.0 Å². The molecular formula is C16H14ClFO. The van der Waals surface area contributed by atoms with Gasteiger partial charge in [-0.25, -0.2) is 4.39 Å². The minimum absolute atomic E-state index is 0.0181. The van der Waals surface area contributed by atoms with Gasteiger partial charge in [0, 0.05) is 12.8 Å². The number of rotatable bonds is 4. The molecule has 2 aromatic carbocycles. The summed E-state index contributed by atoms with van der Waals surface area (Å²) in [5, 5.41) is 0.0567. The molecule has 0 aliphatic carbocycles. The van der Waals surface area contributed by atoms with E-state index in [0.717, 1.165) is 11.1 Å². The molecule has 0 radical (unpaired) electrons. The van der Waals surface area contributed by atoms with Gasteiger partial charge in [-0.05, 0) is 29.7 Å². The van der Waals surface area contributed by atoms with Crippen molar-refractivity contribution in [2.45, 2.75) is 19.8 Å². The second-order valence-electron chi connectivity index (χ2n) is 4.53. The Morgan fingerprint density at radius 2 is 1.68 bits per heavy atom. The standard InChI is InChI=1S/C16H14ClFO/c1-11-5-2-3-6-12(11)9-14(19)10-13-7-4-8-15(17)16(13)18/h2-8H,9-10H2,1H3. The van der Waals surface area contributed by atoms with Crippen molar-refractivity contribution in [2.24, 2.45) is 0 Å². The lowest BCUT2D eigenvalue weighted by Crippen LogP contribution is -2.09. The molecule has 0 fully saturated rings. The van der Waals surface area contributed by atoms with Crippen molar-refractivity contribution < 1.29 is 9.18 Å². The fraction of sp³-hybridized carbons (Fsp3) is 0.188. The smallest absolute Gasteiger partial charge is 0.145 e. The Hall–Kier alpha value is -1.67. The summed E-state index contributed by atoms with van der Waals surface area (Å²) in [5.41, 5.74) is 2.41. The first-order valence-corrected chi connectivity index (χ1v) is 6.45. The molecule has 0 bridgehead atoms. The molecule has 0 aromatic heterocycles. The van der Waals surface area contributed by atoms with Crippen molar-refractivity contribution in [1.82, 2.24) is 0 Å². The van der Waals surface area contributed by atoms with Crippen LogP contribution in [0.25, 0.3) is 0 Å². The Morgan fingerprint density at radius 1 is 1.05 bits per heavy atom. The molecule has 0 saturated heterocycles. The number of ketones is 1. The topological polar surface area (TPSA) is 17.1 Å². The van der Waals surface area contributed by atoms with Gasteiger partial charge in [-0.2, -0.15) is 0 Å². The van der Waals surface area contributed by atoms with Gasteiger partial charge in [0.2, 0.25) is 0 Å². The van der Waals surface area contributed by atoms with E-state index in [1.54, 1.807) is 12.1 Å². The number of hydrogen-bond acceptors (Lipinski definition) is 1. The van der Waals surface area contributed by atoms with Gasteiger partial charge in [-0.1, -0.05) is 48.0 Å². The average Bonchev–Trinajstić information content (AvgIpc) is 2.38. The van der Waals surface area contributed by atoms with E-state index < -0.39 is 5.82 Å². The highest BCUT2D eigenvalue weighted by atomic mass is 35.5. The van der Waals surface area contributed by atoms with Crippen molar-refractivity contribution in [1.29, 1.82) is 0 Å². The summed E-state index contributed by atoms with van der Waals surface area (Å²) >= 11 is 5.70. The lowest BCUT2D eigenvalue weighted by Gasteiger charge is -2.06. The van der Waals surface area contributed by atoms with Crippen LogP contribution in [0.1, 0.15) is 16.7 Å². The third kappa shape index (κ3) is 3.42. The van der Waals surface area contributed by atoms with E-state index in [4.69, 9.17) is 11.6 Å². The molecule has 19 heavy (non-hydrogen) atoms. The zero-order valence-electron chi connectivity index (χ0n) is 10.6. The fourth-order valence-corrected chi connectivity index (χ4v) is 2.17. The molecule has 0 unspecified atom stereocenters. The summed E-state index contributed by atoms with van der Waals surface area (Å²) in [7, 11) is 0. The minimum Gasteiger partial charge on any atom is -0.299 e. The number of Topliss-reactive ketones (excluding diaryl/α,β-unsaturated/α-hetero) is 1. The normalized spacial score (nSPS) is 10.5. The van der Waals surface area contributed by atoms with Crippen LogP contribution < -0.4 is 0 Å². The number of benzene rings is 2.